The molecule has 2 unspecified atom stereocenters. The Morgan fingerprint density at radius 1 is 1.18 bits per heavy atom. The van der Waals surface area contributed by atoms with Gasteiger partial charge in [0.1, 0.15) is 5.82 Å². The Labute approximate surface area is 236 Å². The summed E-state index contributed by atoms with van der Waals surface area (Å²) in [7, 11) is 1.52. The summed E-state index contributed by atoms with van der Waals surface area (Å²) in [5, 5.41) is 10.5. The van der Waals surface area contributed by atoms with Crippen molar-refractivity contribution < 1.29 is 27.5 Å². The highest BCUT2D eigenvalue weighted by Crippen LogP contribution is 2.35. The van der Waals surface area contributed by atoms with Crippen molar-refractivity contribution in [3.63, 3.8) is 0 Å². The molecule has 2 amide bonds. The molecule has 2 aromatic rings. The number of rotatable bonds is 7. The monoisotopic (exact) mass is 577 g/mol. The number of anilines is 1. The number of likely N-dealkylation sites (tertiary alicyclic amines) is 1. The summed E-state index contributed by atoms with van der Waals surface area (Å²) in [5.41, 5.74) is 0.864. The number of hydrogen-bond acceptors (Lipinski definition) is 6. The van der Waals surface area contributed by atoms with Gasteiger partial charge in [0.15, 0.2) is 0 Å². The highest BCUT2D eigenvalue weighted by molar-refractivity contribution is 6.30. The van der Waals surface area contributed by atoms with E-state index in [1.807, 2.05) is 35.2 Å². The maximum atomic E-state index is 13.8. The molecule has 2 saturated heterocycles. The van der Waals surface area contributed by atoms with Gasteiger partial charge in [-0.15, -0.1) is 0 Å². The maximum absolute atomic E-state index is 13.8. The molecule has 214 valence electrons. The number of halogens is 4. The fourth-order valence-electron chi connectivity index (χ4n) is 5.43. The first-order valence-corrected chi connectivity index (χ1v) is 13.5. The minimum absolute atomic E-state index is 0.152. The Morgan fingerprint density at radius 3 is 2.58 bits per heavy atom. The Balaban J connectivity index is 1.46. The maximum Gasteiger partial charge on any atom is 0.409 e. The van der Waals surface area contributed by atoms with Crippen molar-refractivity contribution in [2.75, 3.05) is 44.7 Å². The van der Waals surface area contributed by atoms with Crippen LogP contribution in [0, 0.1) is 23.2 Å². The van der Waals surface area contributed by atoms with E-state index in [1.54, 1.807) is 23.2 Å². The highest BCUT2D eigenvalue weighted by atomic mass is 35.5. The van der Waals surface area contributed by atoms with Gasteiger partial charge in [0, 0.05) is 56.8 Å². The molecule has 12 heteroatoms. The molecule has 0 spiro atoms. The molecule has 40 heavy (non-hydrogen) atoms. The number of amides is 2. The quantitative estimate of drug-likeness (QED) is 0.425. The summed E-state index contributed by atoms with van der Waals surface area (Å²) in [6.45, 7) is 1.12. The number of likely N-dealkylation sites (N-methyl/N-ethyl adjacent to an activating group) is 1. The number of aromatic nitrogens is 1. The first-order chi connectivity index (χ1) is 19.1. The number of ether oxygens (including phenoxy) is 1. The molecule has 0 N–H and O–H groups in total. The van der Waals surface area contributed by atoms with Crippen LogP contribution >= 0.6 is 11.6 Å². The first-order valence-electron chi connectivity index (χ1n) is 13.1. The average Bonchev–Trinajstić information content (AvgIpc) is 3.40. The van der Waals surface area contributed by atoms with Crippen LogP contribution in [-0.2, 0) is 9.53 Å². The summed E-state index contributed by atoms with van der Waals surface area (Å²) < 4.78 is 42.5. The molecule has 2 fully saturated rings. The number of benzene rings is 1. The first kappa shape index (κ1) is 29.5. The van der Waals surface area contributed by atoms with Crippen LogP contribution in [-0.4, -0.2) is 78.8 Å². The third kappa shape index (κ3) is 7.16. The van der Waals surface area contributed by atoms with Crippen molar-refractivity contribution in [2.24, 2.45) is 11.8 Å². The molecule has 4 atom stereocenters. The lowest BCUT2D eigenvalue weighted by Crippen LogP contribution is -2.48. The van der Waals surface area contributed by atoms with Gasteiger partial charge in [0.2, 0.25) is 5.91 Å². The van der Waals surface area contributed by atoms with E-state index in [2.05, 4.69) is 11.1 Å². The van der Waals surface area contributed by atoms with E-state index < -0.39 is 36.6 Å². The molecular formula is C28H31ClF3N5O3. The molecule has 3 heterocycles. The Morgan fingerprint density at radius 2 is 1.93 bits per heavy atom. The standard InChI is InChI=1S/C28H31ClF3N5O3/c1-35(27(39)40-14-4-11-28(30,31)32)24-18-37(17-23(24)19-6-8-21(29)9-7-19)26(38)22-10-13-36(16-20(22)15-33)25-5-2-3-12-34-25/h2-3,5-9,12,20,22-24H,4,10-11,13-14,16-18H2,1H3/t20?,22?,23-,24+/m0/s1. The fourth-order valence-corrected chi connectivity index (χ4v) is 5.55. The molecule has 1 aromatic heterocycles. The van der Waals surface area contributed by atoms with Crippen molar-refractivity contribution >= 4 is 29.4 Å². The second-order valence-corrected chi connectivity index (χ2v) is 10.6. The fraction of sp³-hybridized carbons (Fsp3) is 0.500. The van der Waals surface area contributed by atoms with Gasteiger partial charge in [-0.05, 0) is 42.7 Å². The van der Waals surface area contributed by atoms with Crippen LogP contribution < -0.4 is 4.90 Å². The lowest BCUT2D eigenvalue weighted by atomic mass is 9.85. The summed E-state index contributed by atoms with van der Waals surface area (Å²) in [6, 6.07) is 14.5. The van der Waals surface area contributed by atoms with Crippen LogP contribution in [0.4, 0.5) is 23.8 Å². The van der Waals surface area contributed by atoms with Crippen molar-refractivity contribution in [1.29, 1.82) is 5.26 Å². The lowest BCUT2D eigenvalue weighted by molar-refractivity contribution is -0.137. The Bertz CT molecular complexity index is 1210. The molecule has 1 aromatic carbocycles. The number of piperidine rings is 1. The van der Waals surface area contributed by atoms with Crippen LogP contribution in [0.5, 0.6) is 0 Å². The highest BCUT2D eigenvalue weighted by Gasteiger charge is 2.44. The van der Waals surface area contributed by atoms with E-state index >= 15 is 0 Å². The zero-order valence-electron chi connectivity index (χ0n) is 22.1. The van der Waals surface area contributed by atoms with Gasteiger partial charge in [-0.3, -0.25) is 4.79 Å². The molecular weight excluding hydrogens is 547 g/mol. The van der Waals surface area contributed by atoms with Gasteiger partial charge in [0.05, 0.1) is 30.6 Å². The second-order valence-electron chi connectivity index (χ2n) is 10.2. The van der Waals surface area contributed by atoms with Gasteiger partial charge in [-0.25, -0.2) is 9.78 Å². The van der Waals surface area contributed by atoms with E-state index in [0.717, 1.165) is 11.4 Å². The summed E-state index contributed by atoms with van der Waals surface area (Å²) in [5.74, 6) is -0.710. The van der Waals surface area contributed by atoms with Gasteiger partial charge in [-0.2, -0.15) is 18.4 Å². The van der Waals surface area contributed by atoms with Crippen LogP contribution in [0.1, 0.15) is 30.7 Å². The third-order valence-electron chi connectivity index (χ3n) is 7.58. The molecule has 0 saturated carbocycles. The van der Waals surface area contributed by atoms with Gasteiger partial charge >= 0.3 is 12.3 Å². The number of carbonyl (C=O) groups excluding carboxylic acids is 2. The van der Waals surface area contributed by atoms with E-state index in [9.17, 15) is 28.0 Å². The zero-order chi connectivity index (χ0) is 28.9. The molecule has 2 aliphatic heterocycles. The summed E-state index contributed by atoms with van der Waals surface area (Å²) in [4.78, 5) is 35.9. The number of nitrogens with zero attached hydrogens (tertiary/aromatic N) is 5. The summed E-state index contributed by atoms with van der Waals surface area (Å²) >= 11 is 6.07. The Kier molecular flexibility index (Phi) is 9.40. The van der Waals surface area contributed by atoms with Gasteiger partial charge in [0.25, 0.3) is 0 Å². The van der Waals surface area contributed by atoms with Crippen molar-refractivity contribution in [1.82, 2.24) is 14.8 Å². The number of nitriles is 1. The van der Waals surface area contributed by atoms with E-state index in [1.165, 1.54) is 11.9 Å². The molecule has 0 aliphatic carbocycles. The smallest absolute Gasteiger partial charge is 0.409 e. The minimum atomic E-state index is -4.32. The van der Waals surface area contributed by atoms with E-state index in [4.69, 9.17) is 16.3 Å². The molecule has 4 rings (SSSR count). The summed E-state index contributed by atoms with van der Waals surface area (Å²) in [6.07, 6.45) is -4.27. The SMILES string of the molecule is CN(C(=O)OCCCC(F)(F)F)[C@@H]1CN(C(=O)C2CCN(c3ccccn3)CC2C#N)C[C@H]1c1ccc(Cl)cc1. The number of carbonyl (C=O) groups is 2. The third-order valence-corrected chi connectivity index (χ3v) is 7.84. The number of hydrogen-bond donors (Lipinski definition) is 0. The molecule has 8 nitrogen and oxygen atoms in total. The largest absolute Gasteiger partial charge is 0.449 e. The predicted molar refractivity (Wildman–Crippen MR) is 143 cm³/mol. The molecule has 0 bridgehead atoms. The van der Waals surface area contributed by atoms with Crippen molar-refractivity contribution in [2.45, 2.75) is 37.4 Å². The van der Waals surface area contributed by atoms with E-state index in [-0.39, 0.29) is 31.4 Å². The van der Waals surface area contributed by atoms with Gasteiger partial charge < -0.3 is 19.4 Å². The van der Waals surface area contributed by atoms with Gasteiger partial charge in [-0.1, -0.05) is 29.8 Å². The second kappa shape index (κ2) is 12.8. The topological polar surface area (TPSA) is 89.8 Å². The predicted octanol–water partition coefficient (Wildman–Crippen LogP) is 5.11. The van der Waals surface area contributed by atoms with Crippen LogP contribution in [0.2, 0.25) is 5.02 Å². The van der Waals surface area contributed by atoms with Crippen LogP contribution in [0.3, 0.4) is 0 Å². The Hall–Kier alpha value is -3.52. The normalized spacial score (nSPS) is 23.0. The number of alkyl halides is 3. The average molecular weight is 578 g/mol. The van der Waals surface area contributed by atoms with E-state index in [0.29, 0.717) is 31.1 Å². The lowest BCUT2D eigenvalue weighted by Gasteiger charge is -2.37. The van der Waals surface area contributed by atoms with Crippen molar-refractivity contribution in [3.8, 4) is 6.07 Å². The van der Waals surface area contributed by atoms with Crippen LogP contribution in [0.25, 0.3) is 0 Å². The van der Waals surface area contributed by atoms with Crippen molar-refractivity contribution in [3.05, 3.63) is 59.2 Å². The minimum Gasteiger partial charge on any atom is -0.449 e. The molecule has 0 radical (unpaired) electrons. The molecule has 2 aliphatic rings. The zero-order valence-corrected chi connectivity index (χ0v) is 22.8. The van der Waals surface area contributed by atoms with Crippen LogP contribution in [0.15, 0.2) is 48.7 Å². The number of pyridine rings is 1.